The van der Waals surface area contributed by atoms with Gasteiger partial charge in [-0.15, -0.1) is 0 Å². The van der Waals surface area contributed by atoms with Gasteiger partial charge in [0, 0.05) is 32.3 Å². The molecule has 3 heterocycles. The first kappa shape index (κ1) is 19.4. The number of fused-ring (bicyclic) bond motifs is 1. The Morgan fingerprint density at radius 1 is 1.24 bits per heavy atom. The van der Waals surface area contributed by atoms with E-state index < -0.39 is 5.60 Å². The van der Waals surface area contributed by atoms with E-state index in [1.807, 2.05) is 54.0 Å². The normalized spacial score (nSPS) is 19.4. The first-order valence-corrected chi connectivity index (χ1v) is 10.2. The van der Waals surface area contributed by atoms with E-state index in [1.165, 1.54) is 0 Å². The number of nitrogens with zero attached hydrogens (tertiary/aromatic N) is 4. The summed E-state index contributed by atoms with van der Waals surface area (Å²) >= 11 is 0. The van der Waals surface area contributed by atoms with Gasteiger partial charge in [0.05, 0.1) is 16.6 Å². The number of carbonyl (C=O) groups excluding carboxylic acids is 1. The lowest BCUT2D eigenvalue weighted by molar-refractivity contribution is -0.123. The highest BCUT2D eigenvalue weighted by Crippen LogP contribution is 2.24. The molecule has 152 valence electrons. The van der Waals surface area contributed by atoms with Gasteiger partial charge in [0.1, 0.15) is 18.2 Å². The molecule has 4 rings (SSSR count). The van der Waals surface area contributed by atoms with Crippen LogP contribution in [0.15, 0.2) is 48.7 Å². The summed E-state index contributed by atoms with van der Waals surface area (Å²) in [4.78, 5) is 23.7. The predicted octanol–water partition coefficient (Wildman–Crippen LogP) is 2.14. The second-order valence-electron chi connectivity index (χ2n) is 7.67. The van der Waals surface area contributed by atoms with E-state index in [4.69, 9.17) is 0 Å². The summed E-state index contributed by atoms with van der Waals surface area (Å²) < 4.78 is 1.95. The molecule has 1 aromatic carbocycles. The van der Waals surface area contributed by atoms with Gasteiger partial charge >= 0.3 is 0 Å². The molecule has 1 aliphatic heterocycles. The highest BCUT2D eigenvalue weighted by Gasteiger charge is 2.34. The van der Waals surface area contributed by atoms with Gasteiger partial charge in [0.15, 0.2) is 0 Å². The average molecular weight is 393 g/mol. The van der Waals surface area contributed by atoms with E-state index in [0.717, 1.165) is 42.1 Å². The number of aryl methyl sites for hydroxylation is 1. The lowest BCUT2D eigenvalue weighted by Crippen LogP contribution is -2.54. The average Bonchev–Trinajstić information content (AvgIpc) is 3.11. The number of nitrogens with one attached hydrogen (secondary N) is 1. The van der Waals surface area contributed by atoms with E-state index in [-0.39, 0.29) is 19.0 Å². The Bertz CT molecular complexity index is 987. The summed E-state index contributed by atoms with van der Waals surface area (Å²) in [5.74, 6) is 1.62. The number of anilines is 1. The molecule has 7 heteroatoms. The number of benzene rings is 1. The van der Waals surface area contributed by atoms with Crippen LogP contribution in [-0.4, -0.2) is 50.8 Å². The van der Waals surface area contributed by atoms with Crippen LogP contribution >= 0.6 is 0 Å². The third kappa shape index (κ3) is 4.24. The van der Waals surface area contributed by atoms with Crippen LogP contribution in [0.5, 0.6) is 0 Å². The molecule has 2 aromatic heterocycles. The van der Waals surface area contributed by atoms with Crippen molar-refractivity contribution >= 4 is 22.8 Å². The summed E-state index contributed by atoms with van der Waals surface area (Å²) in [6.45, 7) is 3.77. The van der Waals surface area contributed by atoms with Crippen LogP contribution in [0.3, 0.4) is 0 Å². The maximum absolute atomic E-state index is 12.7. The molecule has 0 radical (unpaired) electrons. The summed E-state index contributed by atoms with van der Waals surface area (Å²) in [6, 6.07) is 13.6. The Balaban J connectivity index is 1.40. The molecule has 1 unspecified atom stereocenters. The number of piperidine rings is 1. The number of pyridine rings is 1. The third-order valence-corrected chi connectivity index (χ3v) is 5.49. The van der Waals surface area contributed by atoms with Gasteiger partial charge in [-0.3, -0.25) is 4.79 Å². The molecule has 0 spiro atoms. The fourth-order valence-electron chi connectivity index (χ4n) is 4.03. The molecule has 2 N–H and O–H groups in total. The molecule has 1 amide bonds. The third-order valence-electron chi connectivity index (χ3n) is 5.49. The number of hydrogen-bond donors (Lipinski definition) is 2. The second-order valence-corrected chi connectivity index (χ2v) is 7.67. The van der Waals surface area contributed by atoms with Gasteiger partial charge in [-0.05, 0) is 37.1 Å². The summed E-state index contributed by atoms with van der Waals surface area (Å²) in [7, 11) is 0. The van der Waals surface area contributed by atoms with Gasteiger partial charge in [0.2, 0.25) is 5.91 Å². The minimum absolute atomic E-state index is 0.119. The number of aliphatic hydroxyl groups is 1. The number of carbonyl (C=O) groups is 1. The van der Waals surface area contributed by atoms with Crippen LogP contribution in [0.1, 0.15) is 25.6 Å². The van der Waals surface area contributed by atoms with Crippen LogP contribution in [0.2, 0.25) is 0 Å². The fourth-order valence-corrected chi connectivity index (χ4v) is 4.03. The number of para-hydroxylation sites is 2. The molecule has 0 bridgehead atoms. The van der Waals surface area contributed by atoms with Crippen LogP contribution in [0.25, 0.3) is 11.0 Å². The fraction of sp³-hybridized carbons (Fsp3) is 0.409. The molecule has 1 atom stereocenters. The molecule has 7 nitrogen and oxygen atoms in total. The van der Waals surface area contributed by atoms with Gasteiger partial charge in [0.25, 0.3) is 0 Å². The number of aromatic nitrogens is 3. The molecule has 1 saturated heterocycles. The molecular weight excluding hydrogens is 366 g/mol. The predicted molar refractivity (Wildman–Crippen MR) is 113 cm³/mol. The van der Waals surface area contributed by atoms with Crippen molar-refractivity contribution in [3.8, 4) is 0 Å². The van der Waals surface area contributed by atoms with Crippen LogP contribution in [0.4, 0.5) is 5.82 Å². The number of hydrogen-bond acceptors (Lipinski definition) is 5. The summed E-state index contributed by atoms with van der Waals surface area (Å²) in [5.41, 5.74) is 0.891. The molecule has 1 fully saturated rings. The number of rotatable bonds is 6. The Morgan fingerprint density at radius 3 is 2.86 bits per heavy atom. The largest absolute Gasteiger partial charge is 0.386 e. The molecule has 29 heavy (non-hydrogen) atoms. The van der Waals surface area contributed by atoms with Crippen molar-refractivity contribution in [1.29, 1.82) is 0 Å². The van der Waals surface area contributed by atoms with Crippen molar-refractivity contribution in [2.45, 2.75) is 38.3 Å². The molecule has 0 saturated carbocycles. The number of amides is 1. The Morgan fingerprint density at radius 2 is 2.07 bits per heavy atom. The first-order valence-electron chi connectivity index (χ1n) is 10.2. The van der Waals surface area contributed by atoms with Crippen LogP contribution in [0, 0.1) is 0 Å². The minimum Gasteiger partial charge on any atom is -0.386 e. The lowest BCUT2D eigenvalue weighted by atomic mass is 9.92. The van der Waals surface area contributed by atoms with E-state index in [9.17, 15) is 9.90 Å². The Kier molecular flexibility index (Phi) is 5.49. The number of imidazole rings is 1. The van der Waals surface area contributed by atoms with E-state index in [0.29, 0.717) is 13.0 Å². The summed E-state index contributed by atoms with van der Waals surface area (Å²) in [5, 5.41) is 14.0. The SMILES string of the molecule is CCc1nc2ccccc2n1CC(=O)NCC1(O)CCCN(c2ccccn2)C1. The highest BCUT2D eigenvalue weighted by molar-refractivity contribution is 5.81. The lowest BCUT2D eigenvalue weighted by Gasteiger charge is -2.39. The van der Waals surface area contributed by atoms with Crippen molar-refractivity contribution < 1.29 is 9.90 Å². The van der Waals surface area contributed by atoms with Crippen molar-refractivity contribution in [3.63, 3.8) is 0 Å². The quantitative estimate of drug-likeness (QED) is 0.670. The van der Waals surface area contributed by atoms with Crippen molar-refractivity contribution in [2.24, 2.45) is 0 Å². The molecular formula is C22H27N5O2. The topological polar surface area (TPSA) is 83.3 Å². The minimum atomic E-state index is -0.962. The zero-order valence-corrected chi connectivity index (χ0v) is 16.7. The smallest absolute Gasteiger partial charge is 0.240 e. The second kappa shape index (κ2) is 8.21. The summed E-state index contributed by atoms with van der Waals surface area (Å²) in [6.07, 6.45) is 4.02. The maximum atomic E-state index is 12.7. The first-order chi connectivity index (χ1) is 14.1. The maximum Gasteiger partial charge on any atom is 0.240 e. The van der Waals surface area contributed by atoms with E-state index in [1.54, 1.807) is 6.20 Å². The highest BCUT2D eigenvalue weighted by atomic mass is 16.3. The van der Waals surface area contributed by atoms with Gasteiger partial charge in [-0.25, -0.2) is 9.97 Å². The monoisotopic (exact) mass is 393 g/mol. The van der Waals surface area contributed by atoms with Crippen LogP contribution in [-0.2, 0) is 17.8 Å². The van der Waals surface area contributed by atoms with E-state index >= 15 is 0 Å². The van der Waals surface area contributed by atoms with Gasteiger partial charge in [-0.1, -0.05) is 25.1 Å². The van der Waals surface area contributed by atoms with Gasteiger partial charge in [-0.2, -0.15) is 0 Å². The zero-order valence-electron chi connectivity index (χ0n) is 16.7. The molecule has 3 aromatic rings. The van der Waals surface area contributed by atoms with Crippen molar-refractivity contribution in [3.05, 3.63) is 54.5 Å². The number of β-amino-alcohol motifs (C(OH)–C–C–N with tert-alkyl or cyclic N) is 1. The molecule has 1 aliphatic rings. The zero-order chi connectivity index (χ0) is 20.3. The molecule has 0 aliphatic carbocycles. The Labute approximate surface area is 170 Å². The van der Waals surface area contributed by atoms with Crippen molar-refractivity contribution in [2.75, 3.05) is 24.5 Å². The van der Waals surface area contributed by atoms with Crippen molar-refractivity contribution in [1.82, 2.24) is 19.9 Å². The van der Waals surface area contributed by atoms with Crippen LogP contribution < -0.4 is 10.2 Å². The van der Waals surface area contributed by atoms with Gasteiger partial charge < -0.3 is 19.9 Å². The Hall–Kier alpha value is -2.93. The standard InChI is InChI=1S/C22H27N5O2/c1-2-19-25-17-8-3-4-9-18(17)27(19)14-21(28)24-15-22(29)11-7-13-26(16-22)20-10-5-6-12-23-20/h3-6,8-10,12,29H,2,7,11,13-16H2,1H3,(H,24,28). The van der Waals surface area contributed by atoms with E-state index in [2.05, 4.69) is 20.2 Å².